The van der Waals surface area contributed by atoms with Gasteiger partial charge < -0.3 is 5.32 Å². The van der Waals surface area contributed by atoms with Crippen LogP contribution in [0.25, 0.3) is 0 Å². The Morgan fingerprint density at radius 2 is 1.73 bits per heavy atom. The fourth-order valence-corrected chi connectivity index (χ4v) is 3.15. The van der Waals surface area contributed by atoms with Crippen molar-refractivity contribution in [1.29, 1.82) is 0 Å². The van der Waals surface area contributed by atoms with Crippen LogP contribution >= 0.6 is 0 Å². The van der Waals surface area contributed by atoms with Crippen LogP contribution in [0.5, 0.6) is 0 Å². The minimum absolute atomic E-state index is 0.166. The van der Waals surface area contributed by atoms with Crippen LogP contribution in [-0.4, -0.2) is 12.0 Å². The van der Waals surface area contributed by atoms with E-state index in [-0.39, 0.29) is 11.7 Å². The first kappa shape index (κ1) is 13.0. The zero-order valence-electron chi connectivity index (χ0n) is 12.1. The molecule has 4 rings (SSSR count). The van der Waals surface area contributed by atoms with Crippen LogP contribution in [0.2, 0.25) is 0 Å². The summed E-state index contributed by atoms with van der Waals surface area (Å²) in [6.45, 7) is 0. The lowest BCUT2D eigenvalue weighted by Crippen LogP contribution is -2.22. The third-order valence-corrected chi connectivity index (χ3v) is 4.30. The molecule has 0 bridgehead atoms. The molecule has 1 unspecified atom stereocenters. The number of nitrogens with zero attached hydrogens (tertiary/aromatic N) is 1. The molecule has 3 nitrogen and oxygen atoms in total. The largest absolute Gasteiger partial charge is 0.356 e. The number of Topliss-reactive ketones (excluding diaryl/α,β-unsaturated/α-hetero) is 1. The zero-order chi connectivity index (χ0) is 14.9. The molecule has 0 radical (unpaired) electrons. The molecule has 1 atom stereocenters. The van der Waals surface area contributed by atoms with Gasteiger partial charge >= 0.3 is 0 Å². The second-order valence-electron chi connectivity index (χ2n) is 5.73. The Morgan fingerprint density at radius 1 is 0.955 bits per heavy atom. The van der Waals surface area contributed by atoms with E-state index in [2.05, 4.69) is 22.4 Å². The van der Waals surface area contributed by atoms with Crippen molar-refractivity contribution >= 4 is 23.4 Å². The standard InChI is InChI=1S/C19H16N2O/c22-19-11-14(13-6-2-1-3-7-13)10-18-15(19)12-20-16-8-4-5-9-17(16)21-18/h1-9,12,14,21H,10-11H2. The molecule has 1 aliphatic carbocycles. The van der Waals surface area contributed by atoms with Crippen LogP contribution in [0.1, 0.15) is 24.3 Å². The van der Waals surface area contributed by atoms with Crippen molar-refractivity contribution in [3.05, 3.63) is 71.4 Å². The van der Waals surface area contributed by atoms with Crippen molar-refractivity contribution in [2.24, 2.45) is 4.99 Å². The van der Waals surface area contributed by atoms with Gasteiger partial charge in [-0.1, -0.05) is 42.5 Å². The average Bonchev–Trinajstić information content (AvgIpc) is 2.75. The molecule has 0 spiro atoms. The van der Waals surface area contributed by atoms with Gasteiger partial charge in [-0.25, -0.2) is 0 Å². The van der Waals surface area contributed by atoms with Crippen LogP contribution in [0, 0.1) is 0 Å². The highest BCUT2D eigenvalue weighted by atomic mass is 16.1. The summed E-state index contributed by atoms with van der Waals surface area (Å²) >= 11 is 0. The summed E-state index contributed by atoms with van der Waals surface area (Å²) in [7, 11) is 0. The Kier molecular flexibility index (Phi) is 3.11. The number of carbonyl (C=O) groups excluding carboxylic acids is 1. The first-order valence-corrected chi connectivity index (χ1v) is 7.52. The highest BCUT2D eigenvalue weighted by molar-refractivity contribution is 6.16. The molecular formula is C19H16N2O. The summed E-state index contributed by atoms with van der Waals surface area (Å²) in [6, 6.07) is 18.1. The number of aliphatic imine (C=N–C) groups is 1. The van der Waals surface area contributed by atoms with Crippen LogP contribution in [0.4, 0.5) is 11.4 Å². The minimum atomic E-state index is 0.166. The Bertz CT molecular complexity index is 790. The Hall–Kier alpha value is -2.68. The Balaban J connectivity index is 1.71. The number of ketones is 1. The van der Waals surface area contributed by atoms with Gasteiger partial charge in [-0.3, -0.25) is 9.79 Å². The number of nitrogens with one attached hydrogen (secondary N) is 1. The number of fused-ring (bicyclic) bond motifs is 1. The second-order valence-corrected chi connectivity index (χ2v) is 5.73. The highest BCUT2D eigenvalue weighted by Gasteiger charge is 2.29. The fraction of sp³-hybridized carbons (Fsp3) is 0.158. The van der Waals surface area contributed by atoms with E-state index >= 15 is 0 Å². The van der Waals surface area contributed by atoms with E-state index in [1.807, 2.05) is 42.5 Å². The van der Waals surface area contributed by atoms with Crippen molar-refractivity contribution in [2.45, 2.75) is 18.8 Å². The molecule has 2 aromatic rings. The smallest absolute Gasteiger partial charge is 0.166 e. The number of hydrogen-bond donors (Lipinski definition) is 1. The highest BCUT2D eigenvalue weighted by Crippen LogP contribution is 2.37. The number of anilines is 1. The molecule has 2 aromatic carbocycles. The molecule has 1 heterocycles. The molecule has 0 amide bonds. The predicted molar refractivity (Wildman–Crippen MR) is 88.7 cm³/mol. The summed E-state index contributed by atoms with van der Waals surface area (Å²) in [4.78, 5) is 17.0. The summed E-state index contributed by atoms with van der Waals surface area (Å²) in [5.41, 5.74) is 4.77. The van der Waals surface area contributed by atoms with Gasteiger partial charge in [0.1, 0.15) is 0 Å². The molecule has 0 aromatic heterocycles. The maximum Gasteiger partial charge on any atom is 0.166 e. The van der Waals surface area contributed by atoms with Gasteiger partial charge in [0.2, 0.25) is 0 Å². The Morgan fingerprint density at radius 3 is 2.59 bits per heavy atom. The van der Waals surface area contributed by atoms with Gasteiger partial charge in [0.15, 0.2) is 5.78 Å². The van der Waals surface area contributed by atoms with Crippen molar-refractivity contribution in [1.82, 2.24) is 0 Å². The average molecular weight is 288 g/mol. The molecular weight excluding hydrogens is 272 g/mol. The summed E-state index contributed by atoms with van der Waals surface area (Å²) < 4.78 is 0. The van der Waals surface area contributed by atoms with E-state index in [1.165, 1.54) is 5.56 Å². The van der Waals surface area contributed by atoms with Crippen molar-refractivity contribution in [3.63, 3.8) is 0 Å². The van der Waals surface area contributed by atoms with Crippen molar-refractivity contribution in [3.8, 4) is 0 Å². The van der Waals surface area contributed by atoms with Gasteiger partial charge in [-0.15, -0.1) is 0 Å². The zero-order valence-corrected chi connectivity index (χ0v) is 12.1. The molecule has 0 fully saturated rings. The molecule has 1 aliphatic heterocycles. The molecule has 0 saturated heterocycles. The summed E-state index contributed by atoms with van der Waals surface area (Å²) in [5, 5.41) is 3.43. The van der Waals surface area contributed by atoms with Crippen LogP contribution in [0.15, 0.2) is 70.9 Å². The second kappa shape index (κ2) is 5.26. The first-order chi connectivity index (χ1) is 10.8. The quantitative estimate of drug-likeness (QED) is 0.853. The SMILES string of the molecule is O=C1CC(c2ccccc2)CC2=C1C=Nc1ccccc1N2. The fourth-order valence-electron chi connectivity index (χ4n) is 3.15. The van der Waals surface area contributed by atoms with E-state index in [0.717, 1.165) is 29.1 Å². The van der Waals surface area contributed by atoms with E-state index in [1.54, 1.807) is 6.21 Å². The number of hydrogen-bond acceptors (Lipinski definition) is 3. The van der Waals surface area contributed by atoms with E-state index in [0.29, 0.717) is 6.42 Å². The van der Waals surface area contributed by atoms with Crippen molar-refractivity contribution in [2.75, 3.05) is 5.32 Å². The monoisotopic (exact) mass is 288 g/mol. The summed E-state index contributed by atoms with van der Waals surface area (Å²) in [5.74, 6) is 0.401. The van der Waals surface area contributed by atoms with Gasteiger partial charge in [0.25, 0.3) is 0 Å². The predicted octanol–water partition coefficient (Wildman–Crippen LogP) is 4.22. The topological polar surface area (TPSA) is 41.5 Å². The molecule has 2 aliphatic rings. The molecule has 3 heteroatoms. The van der Waals surface area contributed by atoms with Gasteiger partial charge in [0.05, 0.1) is 16.9 Å². The minimum Gasteiger partial charge on any atom is -0.356 e. The summed E-state index contributed by atoms with van der Waals surface area (Å²) in [6.07, 6.45) is 3.11. The number of rotatable bonds is 1. The number of allylic oxidation sites excluding steroid dienone is 2. The number of benzene rings is 2. The lowest BCUT2D eigenvalue weighted by molar-refractivity contribution is -0.115. The maximum atomic E-state index is 12.5. The molecule has 0 saturated carbocycles. The third kappa shape index (κ3) is 2.25. The first-order valence-electron chi connectivity index (χ1n) is 7.52. The van der Waals surface area contributed by atoms with E-state index < -0.39 is 0 Å². The van der Waals surface area contributed by atoms with E-state index in [4.69, 9.17) is 0 Å². The van der Waals surface area contributed by atoms with E-state index in [9.17, 15) is 4.79 Å². The molecule has 22 heavy (non-hydrogen) atoms. The van der Waals surface area contributed by atoms with Gasteiger partial charge in [-0.2, -0.15) is 0 Å². The lowest BCUT2D eigenvalue weighted by Gasteiger charge is -2.25. The third-order valence-electron chi connectivity index (χ3n) is 4.30. The lowest BCUT2D eigenvalue weighted by atomic mass is 9.82. The van der Waals surface area contributed by atoms with Crippen molar-refractivity contribution < 1.29 is 4.79 Å². The normalized spacial score (nSPS) is 20.0. The Labute approximate surface area is 129 Å². The van der Waals surface area contributed by atoms with Crippen LogP contribution in [-0.2, 0) is 4.79 Å². The maximum absolute atomic E-state index is 12.5. The van der Waals surface area contributed by atoms with Gasteiger partial charge in [-0.05, 0) is 30.0 Å². The van der Waals surface area contributed by atoms with Gasteiger partial charge in [0, 0.05) is 18.3 Å². The van der Waals surface area contributed by atoms with Crippen LogP contribution < -0.4 is 5.32 Å². The number of para-hydroxylation sites is 2. The van der Waals surface area contributed by atoms with Crippen LogP contribution in [0.3, 0.4) is 0 Å². The molecule has 108 valence electrons. The number of carbonyl (C=O) groups is 1. The molecule has 1 N–H and O–H groups in total.